The first-order chi connectivity index (χ1) is 16.2. The molecule has 0 atom stereocenters. The maximum Gasteiger partial charge on any atom is 0.291 e. The Morgan fingerprint density at radius 1 is 1.03 bits per heavy atom. The smallest absolute Gasteiger partial charge is 0.291 e. The Labute approximate surface area is 214 Å². The zero-order valence-electron chi connectivity index (χ0n) is 24.1. The molecule has 1 rings (SSSR count). The molecule has 0 radical (unpaired) electrons. The van der Waals surface area contributed by atoms with Gasteiger partial charge in [0.15, 0.2) is 0 Å². The number of rotatable bonds is 8. The van der Waals surface area contributed by atoms with Gasteiger partial charge in [0.25, 0.3) is 6.26 Å². The average molecular weight is 473 g/mol. The molecule has 0 unspecified atom stereocenters. The number of aryl methyl sites for hydroxylation is 1. The van der Waals surface area contributed by atoms with Gasteiger partial charge in [-0.1, -0.05) is 117 Å². The Kier molecular flexibility index (Phi) is 46.2. The van der Waals surface area contributed by atoms with Crippen molar-refractivity contribution in [2.24, 2.45) is 5.73 Å². The van der Waals surface area contributed by atoms with E-state index in [9.17, 15) is 0 Å². The highest BCUT2D eigenvalue weighted by Crippen LogP contribution is 2.17. The van der Waals surface area contributed by atoms with Gasteiger partial charge in [0, 0.05) is 6.42 Å². The van der Waals surface area contributed by atoms with Crippen molar-refractivity contribution in [3.05, 3.63) is 73.0 Å². The number of ether oxygens (including phenoxy) is 1. The van der Waals surface area contributed by atoms with E-state index in [-0.39, 0.29) is 0 Å². The summed E-state index contributed by atoms with van der Waals surface area (Å²) in [6.45, 7) is 33.8. The van der Waals surface area contributed by atoms with Crippen LogP contribution in [0.5, 0.6) is 0 Å². The second-order valence-electron chi connectivity index (χ2n) is 7.09. The molecule has 0 bridgehead atoms. The molecule has 0 amide bonds. The lowest BCUT2D eigenvalue weighted by Crippen LogP contribution is -1.98. The minimum absolute atomic E-state index is 0.489. The molecule has 3 heteroatoms. The standard InChI is InChI=1S/C12H14.C6H10N2O.2C4H10.C3H6.C2H6/c1-5-11-8-12(9(2)3)7-6-10(11)4;1-6(9-5-8)3-2-4-7;2*1-3-4-2;1-3-2;1-2/h5-8H,1-2H2,3-4H3;1-4,7H2;2*3-4H2,1-2H3;3H,1H2,2H3;1-2H3. The van der Waals surface area contributed by atoms with Crippen LogP contribution < -0.4 is 5.73 Å². The third-order valence-electron chi connectivity index (χ3n) is 3.84. The third-order valence-corrected chi connectivity index (χ3v) is 3.84. The van der Waals surface area contributed by atoms with E-state index in [1.54, 1.807) is 6.08 Å². The van der Waals surface area contributed by atoms with Gasteiger partial charge in [-0.15, -0.1) is 11.8 Å². The van der Waals surface area contributed by atoms with Crippen molar-refractivity contribution in [3.8, 4) is 6.26 Å². The normalized spacial score (nSPS) is 7.79. The van der Waals surface area contributed by atoms with Crippen molar-refractivity contribution in [3.63, 3.8) is 0 Å². The third kappa shape index (κ3) is 36.8. The highest BCUT2D eigenvalue weighted by Gasteiger charge is 1.96. The highest BCUT2D eigenvalue weighted by molar-refractivity contribution is 5.66. The fraction of sp³-hybridized carbons (Fsp3) is 0.516. The van der Waals surface area contributed by atoms with Crippen molar-refractivity contribution in [1.82, 2.24) is 0 Å². The molecule has 0 saturated heterocycles. The molecule has 0 fully saturated rings. The van der Waals surface area contributed by atoms with Gasteiger partial charge in [0.2, 0.25) is 0 Å². The summed E-state index contributed by atoms with van der Waals surface area (Å²) in [6, 6.07) is 6.30. The predicted molar refractivity (Wildman–Crippen MR) is 158 cm³/mol. The minimum Gasteiger partial charge on any atom is -0.393 e. The quantitative estimate of drug-likeness (QED) is 0.232. The molecule has 1 aromatic carbocycles. The van der Waals surface area contributed by atoms with Crippen molar-refractivity contribution in [2.45, 2.75) is 101 Å². The minimum atomic E-state index is 0.489. The van der Waals surface area contributed by atoms with E-state index in [1.807, 2.05) is 33.8 Å². The van der Waals surface area contributed by atoms with E-state index in [2.05, 4.69) is 83.9 Å². The van der Waals surface area contributed by atoms with E-state index in [0.29, 0.717) is 18.7 Å². The zero-order chi connectivity index (χ0) is 27.8. The molecule has 1 aromatic rings. The molecule has 0 spiro atoms. The van der Waals surface area contributed by atoms with Crippen molar-refractivity contribution < 1.29 is 4.74 Å². The van der Waals surface area contributed by atoms with Crippen LogP contribution in [0, 0.1) is 18.4 Å². The largest absolute Gasteiger partial charge is 0.393 e. The lowest BCUT2D eigenvalue weighted by atomic mass is 10.0. The number of unbranched alkanes of at least 4 members (excludes halogenated alkanes) is 2. The molecule has 0 aliphatic rings. The van der Waals surface area contributed by atoms with Crippen molar-refractivity contribution >= 4 is 11.6 Å². The fourth-order valence-electron chi connectivity index (χ4n) is 1.54. The number of hydrogen-bond acceptors (Lipinski definition) is 3. The summed E-state index contributed by atoms with van der Waals surface area (Å²) in [6.07, 6.45) is 11.9. The first kappa shape index (κ1) is 41.7. The van der Waals surface area contributed by atoms with Crippen LogP contribution in [0.1, 0.15) is 111 Å². The summed E-state index contributed by atoms with van der Waals surface area (Å²) >= 11 is 0. The Balaban J connectivity index is -0.000000112. The van der Waals surface area contributed by atoms with Gasteiger partial charge in [0.1, 0.15) is 5.76 Å². The number of hydrogen-bond donors (Lipinski definition) is 1. The van der Waals surface area contributed by atoms with Gasteiger partial charge in [-0.3, -0.25) is 0 Å². The second kappa shape index (κ2) is 37.7. The lowest BCUT2D eigenvalue weighted by molar-refractivity contribution is 0.355. The van der Waals surface area contributed by atoms with Gasteiger partial charge >= 0.3 is 0 Å². The summed E-state index contributed by atoms with van der Waals surface area (Å²) in [5, 5.41) is 7.97. The predicted octanol–water partition coefficient (Wildman–Crippen LogP) is 10.2. The second-order valence-corrected chi connectivity index (χ2v) is 7.09. The van der Waals surface area contributed by atoms with Crippen LogP contribution in [-0.4, -0.2) is 6.54 Å². The maximum atomic E-state index is 7.97. The van der Waals surface area contributed by atoms with Crippen molar-refractivity contribution in [1.29, 1.82) is 5.26 Å². The number of benzene rings is 1. The van der Waals surface area contributed by atoms with Crippen LogP contribution in [0.3, 0.4) is 0 Å². The first-order valence-electron chi connectivity index (χ1n) is 12.6. The molecule has 196 valence electrons. The summed E-state index contributed by atoms with van der Waals surface area (Å²) in [5.74, 6) is 0.489. The zero-order valence-corrected chi connectivity index (χ0v) is 24.1. The summed E-state index contributed by atoms with van der Waals surface area (Å²) < 4.78 is 4.40. The monoisotopic (exact) mass is 472 g/mol. The van der Waals surface area contributed by atoms with Crippen molar-refractivity contribution in [2.75, 3.05) is 6.54 Å². The molecular weight excluding hydrogens is 416 g/mol. The molecule has 0 aliphatic carbocycles. The molecule has 0 saturated carbocycles. The number of nitrogens with two attached hydrogens (primary N) is 1. The number of nitrogens with zero attached hydrogens (tertiary/aromatic N) is 1. The first-order valence-corrected chi connectivity index (χ1v) is 12.6. The van der Waals surface area contributed by atoms with Gasteiger partial charge in [-0.05, 0) is 56.5 Å². The van der Waals surface area contributed by atoms with Crippen LogP contribution in [0.2, 0.25) is 0 Å². The number of allylic oxidation sites excluding steroid dienone is 3. The Hall–Kier alpha value is -2.57. The van der Waals surface area contributed by atoms with Gasteiger partial charge in [-0.25, -0.2) is 0 Å². The molecule has 0 aromatic heterocycles. The molecule has 0 heterocycles. The molecule has 0 aliphatic heterocycles. The van der Waals surface area contributed by atoms with E-state index >= 15 is 0 Å². The van der Waals surface area contributed by atoms with Crippen LogP contribution in [0.25, 0.3) is 11.6 Å². The van der Waals surface area contributed by atoms with Gasteiger partial charge in [0.05, 0.1) is 0 Å². The van der Waals surface area contributed by atoms with E-state index in [0.717, 1.165) is 12.0 Å². The molecule has 3 nitrogen and oxygen atoms in total. The fourth-order valence-corrected chi connectivity index (χ4v) is 1.54. The van der Waals surface area contributed by atoms with E-state index in [4.69, 9.17) is 11.0 Å². The average Bonchev–Trinajstić information content (AvgIpc) is 2.85. The number of nitriles is 1. The van der Waals surface area contributed by atoms with Crippen LogP contribution in [0.15, 0.2) is 56.4 Å². The summed E-state index contributed by atoms with van der Waals surface area (Å²) in [7, 11) is 0. The molecule has 34 heavy (non-hydrogen) atoms. The Bertz CT molecular complexity index is 631. The summed E-state index contributed by atoms with van der Waals surface area (Å²) in [4.78, 5) is 0. The molecular formula is C31H56N2O. The van der Waals surface area contributed by atoms with Gasteiger partial charge < -0.3 is 10.5 Å². The maximum absolute atomic E-state index is 7.97. The van der Waals surface area contributed by atoms with Crippen LogP contribution >= 0.6 is 0 Å². The van der Waals surface area contributed by atoms with Crippen LogP contribution in [-0.2, 0) is 4.74 Å². The Morgan fingerprint density at radius 3 is 1.76 bits per heavy atom. The topological polar surface area (TPSA) is 59.0 Å². The van der Waals surface area contributed by atoms with E-state index in [1.165, 1.54) is 48.6 Å². The van der Waals surface area contributed by atoms with Gasteiger partial charge in [-0.2, -0.15) is 0 Å². The van der Waals surface area contributed by atoms with E-state index < -0.39 is 0 Å². The molecule has 2 N–H and O–H groups in total. The summed E-state index contributed by atoms with van der Waals surface area (Å²) in [5.41, 5.74) is 9.93. The Morgan fingerprint density at radius 2 is 1.47 bits per heavy atom. The highest BCUT2D eigenvalue weighted by atomic mass is 16.5. The SMILES string of the molecule is C=C(CCCN)OC#N.C=CC.C=Cc1cc(C(=C)C)ccc1C.CC.CCCC.CCCC. The van der Waals surface area contributed by atoms with Crippen LogP contribution in [0.4, 0.5) is 0 Å². The lowest BCUT2D eigenvalue weighted by Gasteiger charge is -2.04.